The Morgan fingerprint density at radius 1 is 1.50 bits per heavy atom. The second kappa shape index (κ2) is 6.61. The summed E-state index contributed by atoms with van der Waals surface area (Å²) in [5, 5.41) is 16.9. The zero-order chi connectivity index (χ0) is 13.7. The van der Waals surface area contributed by atoms with Crippen LogP contribution in [0.15, 0.2) is 18.2 Å². The van der Waals surface area contributed by atoms with Crippen LogP contribution in [0, 0.1) is 5.41 Å². The van der Waals surface area contributed by atoms with Gasteiger partial charge in [-0.2, -0.15) is 0 Å². The van der Waals surface area contributed by atoms with Gasteiger partial charge in [0.05, 0.1) is 10.7 Å². The van der Waals surface area contributed by atoms with Gasteiger partial charge in [-0.25, -0.2) is 0 Å². The first-order chi connectivity index (χ1) is 8.47. The Balaban J connectivity index is 3.01. The normalized spacial score (nSPS) is 10.7. The fourth-order valence-electron chi connectivity index (χ4n) is 1.81. The highest BCUT2D eigenvalue weighted by molar-refractivity contribution is 6.33. The van der Waals surface area contributed by atoms with Crippen molar-refractivity contribution in [2.45, 2.75) is 26.3 Å². The Morgan fingerprint density at radius 2 is 2.17 bits per heavy atom. The fraction of sp³-hybridized carbons (Fsp3) is 0.462. The molecule has 0 aliphatic rings. The number of benzene rings is 1. The number of nitrogens with one attached hydrogen (secondary N) is 1. The first-order valence-electron chi connectivity index (χ1n) is 5.98. The molecule has 1 aromatic rings. The third-order valence-corrected chi connectivity index (χ3v) is 3.05. The summed E-state index contributed by atoms with van der Waals surface area (Å²) in [6, 6.07) is 5.65. The number of nitrogen functional groups attached to an aromatic ring is 1. The van der Waals surface area contributed by atoms with E-state index >= 15 is 0 Å². The molecule has 0 unspecified atom stereocenters. The molecule has 0 aliphatic carbocycles. The lowest BCUT2D eigenvalue weighted by atomic mass is 10.1. The number of nitrogens with two attached hydrogens (primary N) is 1. The molecule has 0 saturated heterocycles. The molecular weight excluding hydrogens is 250 g/mol. The van der Waals surface area contributed by atoms with E-state index in [0.717, 1.165) is 12.2 Å². The van der Waals surface area contributed by atoms with Crippen molar-refractivity contribution in [3.8, 4) is 0 Å². The van der Waals surface area contributed by atoms with Crippen LogP contribution in [0.1, 0.15) is 25.8 Å². The van der Waals surface area contributed by atoms with Crippen LogP contribution >= 0.6 is 11.6 Å². The molecule has 0 bridgehead atoms. The Bertz CT molecular complexity index is 421. The van der Waals surface area contributed by atoms with Gasteiger partial charge in [0.1, 0.15) is 5.84 Å². The second-order valence-corrected chi connectivity index (χ2v) is 4.85. The van der Waals surface area contributed by atoms with Gasteiger partial charge < -0.3 is 15.7 Å². The number of halogens is 1. The van der Waals surface area contributed by atoms with Crippen LogP contribution in [-0.4, -0.2) is 30.1 Å². The third-order valence-electron chi connectivity index (χ3n) is 2.75. The van der Waals surface area contributed by atoms with Crippen molar-refractivity contribution in [1.82, 2.24) is 0 Å². The number of hydrogen-bond donors (Lipinski definition) is 3. The van der Waals surface area contributed by atoms with E-state index in [1.165, 1.54) is 0 Å². The van der Waals surface area contributed by atoms with Crippen LogP contribution in [0.5, 0.6) is 0 Å². The van der Waals surface area contributed by atoms with Gasteiger partial charge in [0, 0.05) is 24.8 Å². The highest BCUT2D eigenvalue weighted by Crippen LogP contribution is 2.28. The number of nitrogens with zero attached hydrogens (tertiary/aromatic N) is 1. The maximum atomic E-state index is 8.93. The summed E-state index contributed by atoms with van der Waals surface area (Å²) in [5.74, 6) is 0.00917. The third kappa shape index (κ3) is 3.62. The van der Waals surface area contributed by atoms with Gasteiger partial charge in [0.25, 0.3) is 0 Å². The van der Waals surface area contributed by atoms with Crippen molar-refractivity contribution in [2.24, 2.45) is 5.73 Å². The summed E-state index contributed by atoms with van der Waals surface area (Å²) in [6.45, 7) is 5.05. The van der Waals surface area contributed by atoms with Gasteiger partial charge in [-0.1, -0.05) is 11.6 Å². The van der Waals surface area contributed by atoms with E-state index in [0.29, 0.717) is 17.0 Å². The van der Waals surface area contributed by atoms with Crippen molar-refractivity contribution in [3.05, 3.63) is 28.8 Å². The van der Waals surface area contributed by atoms with Crippen LogP contribution in [-0.2, 0) is 0 Å². The molecule has 0 amide bonds. The van der Waals surface area contributed by atoms with E-state index in [1.54, 1.807) is 12.1 Å². The van der Waals surface area contributed by atoms with Crippen LogP contribution in [0.2, 0.25) is 5.02 Å². The summed E-state index contributed by atoms with van der Waals surface area (Å²) in [7, 11) is 0. The minimum atomic E-state index is 0.00917. The molecular formula is C13H20ClN3O. The first kappa shape index (κ1) is 14.8. The van der Waals surface area contributed by atoms with Crippen LogP contribution in [0.4, 0.5) is 5.69 Å². The minimum Gasteiger partial charge on any atom is -0.396 e. The lowest BCUT2D eigenvalue weighted by molar-refractivity contribution is 0.288. The van der Waals surface area contributed by atoms with Crippen molar-refractivity contribution in [1.29, 1.82) is 5.41 Å². The molecule has 4 N–H and O–H groups in total. The molecule has 1 rings (SSSR count). The molecule has 100 valence electrons. The summed E-state index contributed by atoms with van der Waals surface area (Å²) in [4.78, 5) is 2.13. The number of anilines is 1. The van der Waals surface area contributed by atoms with Crippen molar-refractivity contribution >= 4 is 23.1 Å². The maximum Gasteiger partial charge on any atom is 0.122 e. The molecule has 5 heteroatoms. The molecule has 0 aromatic heterocycles. The standard InChI is InChI=1S/C13H20ClN3O/c1-9(2)17(6-3-7-18)12-5-4-10(13(15)16)8-11(12)14/h4-5,8-9,18H,3,6-7H2,1-2H3,(H3,15,16). The Morgan fingerprint density at radius 3 is 2.61 bits per heavy atom. The van der Waals surface area contributed by atoms with Crippen LogP contribution in [0.3, 0.4) is 0 Å². The topological polar surface area (TPSA) is 73.3 Å². The van der Waals surface area contributed by atoms with E-state index in [4.69, 9.17) is 27.9 Å². The van der Waals surface area contributed by atoms with Gasteiger partial charge in [-0.15, -0.1) is 0 Å². The molecule has 1 aromatic carbocycles. The average molecular weight is 270 g/mol. The largest absolute Gasteiger partial charge is 0.396 e. The van der Waals surface area contributed by atoms with Crippen LogP contribution < -0.4 is 10.6 Å². The number of aliphatic hydroxyl groups is 1. The zero-order valence-corrected chi connectivity index (χ0v) is 11.5. The summed E-state index contributed by atoms with van der Waals surface area (Å²) in [6.07, 6.45) is 0.697. The van der Waals surface area contributed by atoms with Crippen molar-refractivity contribution in [2.75, 3.05) is 18.1 Å². The van der Waals surface area contributed by atoms with E-state index in [1.807, 2.05) is 6.07 Å². The molecule has 4 nitrogen and oxygen atoms in total. The Kier molecular flexibility index (Phi) is 5.44. The zero-order valence-electron chi connectivity index (χ0n) is 10.8. The van der Waals surface area contributed by atoms with E-state index in [9.17, 15) is 0 Å². The van der Waals surface area contributed by atoms with Gasteiger partial charge in [-0.05, 0) is 38.5 Å². The maximum absolute atomic E-state index is 8.93. The molecule has 0 aliphatic heterocycles. The monoisotopic (exact) mass is 269 g/mol. The molecule has 0 radical (unpaired) electrons. The second-order valence-electron chi connectivity index (χ2n) is 4.44. The van der Waals surface area contributed by atoms with E-state index in [2.05, 4.69) is 18.7 Å². The quantitative estimate of drug-likeness (QED) is 0.548. The molecule has 0 fully saturated rings. The Hall–Kier alpha value is -1.26. The highest BCUT2D eigenvalue weighted by atomic mass is 35.5. The number of rotatable bonds is 6. The number of amidine groups is 1. The lowest BCUT2D eigenvalue weighted by Crippen LogP contribution is -2.32. The molecule has 0 saturated carbocycles. The van der Waals surface area contributed by atoms with Crippen molar-refractivity contribution < 1.29 is 5.11 Å². The summed E-state index contributed by atoms with van der Waals surface area (Å²) >= 11 is 6.23. The van der Waals surface area contributed by atoms with Gasteiger partial charge >= 0.3 is 0 Å². The smallest absolute Gasteiger partial charge is 0.122 e. The number of aliphatic hydroxyl groups excluding tert-OH is 1. The highest BCUT2D eigenvalue weighted by Gasteiger charge is 2.14. The lowest BCUT2D eigenvalue weighted by Gasteiger charge is -2.30. The van der Waals surface area contributed by atoms with Crippen molar-refractivity contribution in [3.63, 3.8) is 0 Å². The predicted octanol–water partition coefficient (Wildman–Crippen LogP) is 2.22. The average Bonchev–Trinajstić information content (AvgIpc) is 2.30. The molecule has 0 spiro atoms. The minimum absolute atomic E-state index is 0.00917. The van der Waals surface area contributed by atoms with E-state index < -0.39 is 0 Å². The Labute approximate surface area is 113 Å². The van der Waals surface area contributed by atoms with Gasteiger partial charge in [0.15, 0.2) is 0 Å². The van der Waals surface area contributed by atoms with Gasteiger partial charge in [0.2, 0.25) is 0 Å². The van der Waals surface area contributed by atoms with Crippen LogP contribution in [0.25, 0.3) is 0 Å². The molecule has 0 atom stereocenters. The van der Waals surface area contributed by atoms with Gasteiger partial charge in [-0.3, -0.25) is 5.41 Å². The summed E-state index contributed by atoms with van der Waals surface area (Å²) in [5.41, 5.74) is 6.95. The summed E-state index contributed by atoms with van der Waals surface area (Å²) < 4.78 is 0. The fourth-order valence-corrected chi connectivity index (χ4v) is 2.09. The SMILES string of the molecule is CC(C)N(CCCO)c1ccc(C(=N)N)cc1Cl. The molecule has 18 heavy (non-hydrogen) atoms. The van der Waals surface area contributed by atoms with E-state index in [-0.39, 0.29) is 18.5 Å². The predicted molar refractivity (Wildman–Crippen MR) is 76.7 cm³/mol. The number of hydrogen-bond acceptors (Lipinski definition) is 3. The first-order valence-corrected chi connectivity index (χ1v) is 6.36. The molecule has 0 heterocycles.